The molecule has 2 unspecified atom stereocenters. The fourth-order valence-electron chi connectivity index (χ4n) is 2.24. The lowest BCUT2D eigenvalue weighted by Crippen LogP contribution is -2.38. The van der Waals surface area contributed by atoms with Crippen molar-refractivity contribution >= 4 is 12.1 Å². The minimum atomic E-state index is -0.499. The van der Waals surface area contributed by atoms with Crippen LogP contribution in [-0.4, -0.2) is 30.3 Å². The first-order chi connectivity index (χ1) is 9.31. The minimum Gasteiger partial charge on any atom is -0.465 e. The Morgan fingerprint density at radius 1 is 1.25 bits per heavy atom. The summed E-state index contributed by atoms with van der Waals surface area (Å²) in [5, 5.41) is 2.82. The highest BCUT2D eigenvalue weighted by Gasteiger charge is 2.32. The Hall–Kier alpha value is -1.26. The highest BCUT2D eigenvalue weighted by atomic mass is 16.6. The molecule has 1 aliphatic carbocycles. The molecule has 2 atom stereocenters. The van der Waals surface area contributed by atoms with Gasteiger partial charge in [-0.1, -0.05) is 13.3 Å². The molecule has 5 heteroatoms. The van der Waals surface area contributed by atoms with Gasteiger partial charge in [0, 0.05) is 6.04 Å². The lowest BCUT2D eigenvalue weighted by Gasteiger charge is -2.21. The van der Waals surface area contributed by atoms with Crippen LogP contribution < -0.4 is 5.32 Å². The predicted molar refractivity (Wildman–Crippen MR) is 76.4 cm³/mol. The maximum absolute atomic E-state index is 11.8. The molecule has 0 aromatic heterocycles. The summed E-state index contributed by atoms with van der Waals surface area (Å²) in [6, 6.07) is 0.00794. The number of unbranched alkanes of at least 4 members (excludes halogenated alkanes) is 1. The Morgan fingerprint density at radius 3 is 2.55 bits per heavy atom. The molecule has 0 aliphatic heterocycles. The third-order valence-electron chi connectivity index (χ3n) is 3.23. The number of nitrogens with one attached hydrogen (secondary N) is 1. The van der Waals surface area contributed by atoms with Crippen LogP contribution in [0, 0.1) is 5.92 Å². The third-order valence-corrected chi connectivity index (χ3v) is 3.23. The zero-order chi connectivity index (χ0) is 15.2. The number of ether oxygens (including phenoxy) is 2. The van der Waals surface area contributed by atoms with Crippen LogP contribution >= 0.6 is 0 Å². The maximum Gasteiger partial charge on any atom is 0.407 e. The average molecular weight is 285 g/mol. The highest BCUT2D eigenvalue weighted by Crippen LogP contribution is 2.27. The van der Waals surface area contributed by atoms with E-state index in [9.17, 15) is 9.59 Å². The monoisotopic (exact) mass is 285 g/mol. The van der Waals surface area contributed by atoms with Crippen molar-refractivity contribution in [2.24, 2.45) is 5.92 Å². The van der Waals surface area contributed by atoms with Crippen molar-refractivity contribution in [1.82, 2.24) is 5.32 Å². The van der Waals surface area contributed by atoms with Crippen LogP contribution in [0.3, 0.4) is 0 Å². The SMILES string of the molecule is CCCCOC(=O)C1CCC(NC(=O)OC(C)(C)C)C1. The highest BCUT2D eigenvalue weighted by molar-refractivity contribution is 5.73. The van der Waals surface area contributed by atoms with Gasteiger partial charge in [0.05, 0.1) is 12.5 Å². The first-order valence-electron chi connectivity index (χ1n) is 7.48. The number of amides is 1. The Bertz CT molecular complexity index is 335. The second kappa shape index (κ2) is 7.50. The van der Waals surface area contributed by atoms with Gasteiger partial charge in [0.15, 0.2) is 0 Å². The molecule has 0 heterocycles. The number of rotatable bonds is 5. The molecule has 0 radical (unpaired) electrons. The number of hydrogen-bond acceptors (Lipinski definition) is 4. The fourth-order valence-corrected chi connectivity index (χ4v) is 2.24. The molecular formula is C15H27NO4. The zero-order valence-electron chi connectivity index (χ0n) is 13.0. The molecule has 1 rings (SSSR count). The van der Waals surface area contributed by atoms with Gasteiger partial charge < -0.3 is 14.8 Å². The van der Waals surface area contributed by atoms with Gasteiger partial charge in [0.25, 0.3) is 0 Å². The molecule has 0 spiro atoms. The van der Waals surface area contributed by atoms with E-state index in [1.807, 2.05) is 20.8 Å². The van der Waals surface area contributed by atoms with Crippen molar-refractivity contribution in [3.8, 4) is 0 Å². The molecule has 1 fully saturated rings. The van der Waals surface area contributed by atoms with Gasteiger partial charge in [0.2, 0.25) is 0 Å². The maximum atomic E-state index is 11.8. The molecule has 0 bridgehead atoms. The Labute approximate surface area is 121 Å². The Morgan fingerprint density at radius 2 is 1.95 bits per heavy atom. The second-order valence-electron chi connectivity index (χ2n) is 6.37. The minimum absolute atomic E-state index is 0.00794. The van der Waals surface area contributed by atoms with Crippen molar-refractivity contribution < 1.29 is 19.1 Å². The Balaban J connectivity index is 2.29. The topological polar surface area (TPSA) is 64.6 Å². The summed E-state index contributed by atoms with van der Waals surface area (Å²) in [5.74, 6) is -0.223. The summed E-state index contributed by atoms with van der Waals surface area (Å²) in [4.78, 5) is 23.5. The van der Waals surface area contributed by atoms with Crippen molar-refractivity contribution in [2.45, 2.75) is 71.4 Å². The smallest absolute Gasteiger partial charge is 0.407 e. The van der Waals surface area contributed by atoms with Crippen molar-refractivity contribution in [3.63, 3.8) is 0 Å². The van der Waals surface area contributed by atoms with E-state index in [-0.39, 0.29) is 17.9 Å². The van der Waals surface area contributed by atoms with E-state index in [2.05, 4.69) is 12.2 Å². The molecule has 1 amide bonds. The zero-order valence-corrected chi connectivity index (χ0v) is 13.0. The van der Waals surface area contributed by atoms with Crippen LogP contribution in [0.1, 0.15) is 59.8 Å². The average Bonchev–Trinajstić information content (AvgIpc) is 2.75. The van der Waals surface area contributed by atoms with E-state index in [4.69, 9.17) is 9.47 Å². The standard InChI is InChI=1S/C15H27NO4/c1-5-6-9-19-13(17)11-7-8-12(10-11)16-14(18)20-15(2,3)4/h11-12H,5-10H2,1-4H3,(H,16,18). The molecule has 20 heavy (non-hydrogen) atoms. The third kappa shape index (κ3) is 6.26. The molecule has 5 nitrogen and oxygen atoms in total. The lowest BCUT2D eigenvalue weighted by atomic mass is 10.1. The van der Waals surface area contributed by atoms with Crippen LogP contribution in [0.15, 0.2) is 0 Å². The van der Waals surface area contributed by atoms with Crippen LogP contribution in [0.5, 0.6) is 0 Å². The fraction of sp³-hybridized carbons (Fsp3) is 0.867. The number of alkyl carbamates (subject to hydrolysis) is 1. The molecule has 0 aromatic rings. The van der Waals surface area contributed by atoms with E-state index < -0.39 is 11.7 Å². The first-order valence-corrected chi connectivity index (χ1v) is 7.48. The van der Waals surface area contributed by atoms with Gasteiger partial charge in [-0.15, -0.1) is 0 Å². The van der Waals surface area contributed by atoms with E-state index in [0.717, 1.165) is 25.7 Å². The van der Waals surface area contributed by atoms with Gasteiger partial charge in [-0.3, -0.25) is 4.79 Å². The van der Waals surface area contributed by atoms with Crippen LogP contribution in [0.4, 0.5) is 4.79 Å². The first kappa shape index (κ1) is 16.8. The quantitative estimate of drug-likeness (QED) is 0.623. The lowest BCUT2D eigenvalue weighted by molar-refractivity contribution is -0.148. The molecule has 0 aromatic carbocycles. The van der Waals surface area contributed by atoms with Crippen LogP contribution in [-0.2, 0) is 14.3 Å². The molecule has 0 saturated heterocycles. The van der Waals surface area contributed by atoms with Gasteiger partial charge in [-0.25, -0.2) is 4.79 Å². The van der Waals surface area contributed by atoms with E-state index in [1.165, 1.54) is 0 Å². The number of carbonyl (C=O) groups is 2. The number of carbonyl (C=O) groups excluding carboxylic acids is 2. The van der Waals surface area contributed by atoms with E-state index in [1.54, 1.807) is 0 Å². The summed E-state index contributed by atoms with van der Waals surface area (Å²) in [5.41, 5.74) is -0.499. The predicted octanol–water partition coefficient (Wildman–Crippen LogP) is 3.02. The van der Waals surface area contributed by atoms with Crippen molar-refractivity contribution in [1.29, 1.82) is 0 Å². The van der Waals surface area contributed by atoms with Crippen LogP contribution in [0.2, 0.25) is 0 Å². The van der Waals surface area contributed by atoms with Crippen molar-refractivity contribution in [3.05, 3.63) is 0 Å². The largest absolute Gasteiger partial charge is 0.465 e. The summed E-state index contributed by atoms with van der Waals surface area (Å²) in [7, 11) is 0. The molecule has 1 N–H and O–H groups in total. The van der Waals surface area contributed by atoms with Gasteiger partial charge >= 0.3 is 12.1 Å². The Kier molecular flexibility index (Phi) is 6.30. The van der Waals surface area contributed by atoms with E-state index in [0.29, 0.717) is 13.0 Å². The second-order valence-corrected chi connectivity index (χ2v) is 6.37. The number of hydrogen-bond donors (Lipinski definition) is 1. The van der Waals surface area contributed by atoms with Gasteiger partial charge in [-0.05, 0) is 46.5 Å². The molecule has 1 aliphatic rings. The summed E-state index contributed by atoms with van der Waals surface area (Å²) >= 11 is 0. The summed E-state index contributed by atoms with van der Waals surface area (Å²) in [6.07, 6.45) is 3.71. The number of esters is 1. The van der Waals surface area contributed by atoms with Gasteiger partial charge in [-0.2, -0.15) is 0 Å². The molecular weight excluding hydrogens is 258 g/mol. The summed E-state index contributed by atoms with van der Waals surface area (Å²) in [6.45, 7) is 8.04. The van der Waals surface area contributed by atoms with Crippen molar-refractivity contribution in [2.75, 3.05) is 6.61 Å². The van der Waals surface area contributed by atoms with Gasteiger partial charge in [0.1, 0.15) is 5.60 Å². The summed E-state index contributed by atoms with van der Waals surface area (Å²) < 4.78 is 10.4. The van der Waals surface area contributed by atoms with E-state index >= 15 is 0 Å². The van der Waals surface area contributed by atoms with Crippen LogP contribution in [0.25, 0.3) is 0 Å². The molecule has 1 saturated carbocycles. The normalized spacial score (nSPS) is 22.4. The molecule has 116 valence electrons.